The van der Waals surface area contributed by atoms with E-state index in [4.69, 9.17) is 5.11 Å². The molecule has 0 bridgehead atoms. The molecule has 1 aliphatic rings. The van der Waals surface area contributed by atoms with E-state index in [2.05, 4.69) is 4.37 Å². The lowest BCUT2D eigenvalue weighted by molar-refractivity contribution is -0.135. The molecule has 0 saturated heterocycles. The van der Waals surface area contributed by atoms with Crippen molar-refractivity contribution < 1.29 is 27.1 Å². The minimum Gasteiger partial charge on any atom is -0.392 e. The van der Waals surface area contributed by atoms with Crippen LogP contribution in [0.4, 0.5) is 22.0 Å². The van der Waals surface area contributed by atoms with Crippen LogP contribution in [-0.4, -0.2) is 15.4 Å². The predicted molar refractivity (Wildman–Crippen MR) is 50.0 cm³/mol. The van der Waals surface area contributed by atoms with E-state index in [1.807, 2.05) is 0 Å². The molecule has 0 radical (unpaired) electrons. The summed E-state index contributed by atoms with van der Waals surface area (Å²) in [5.74, 6) is -3.50. The maximum absolute atomic E-state index is 12.6. The standard InChI is InChI=1S/C9H8F5NOS/c10-8(11)1-4(2-8)6-5(3-16)7(17-15-6)9(12,13)14/h4,16H,1-3H2. The fourth-order valence-electron chi connectivity index (χ4n) is 1.87. The normalized spacial score (nSPS) is 20.4. The van der Waals surface area contributed by atoms with Gasteiger partial charge in [0.2, 0.25) is 5.92 Å². The van der Waals surface area contributed by atoms with Gasteiger partial charge in [0.15, 0.2) is 0 Å². The van der Waals surface area contributed by atoms with Crippen LogP contribution in [0.5, 0.6) is 0 Å². The van der Waals surface area contributed by atoms with Crippen molar-refractivity contribution in [2.45, 2.75) is 37.5 Å². The molecule has 96 valence electrons. The molecule has 0 aliphatic heterocycles. The van der Waals surface area contributed by atoms with E-state index in [1.54, 1.807) is 0 Å². The molecule has 1 saturated carbocycles. The highest BCUT2D eigenvalue weighted by molar-refractivity contribution is 7.06. The van der Waals surface area contributed by atoms with Crippen LogP contribution in [0, 0.1) is 0 Å². The summed E-state index contributed by atoms with van der Waals surface area (Å²) < 4.78 is 66.3. The van der Waals surface area contributed by atoms with Gasteiger partial charge in [-0.15, -0.1) is 0 Å². The second-order valence-corrected chi connectivity index (χ2v) is 4.77. The minimum absolute atomic E-state index is 0.0317. The van der Waals surface area contributed by atoms with E-state index in [1.165, 1.54) is 0 Å². The Morgan fingerprint density at radius 1 is 1.35 bits per heavy atom. The Hall–Kier alpha value is -0.760. The highest BCUT2D eigenvalue weighted by atomic mass is 32.1. The maximum Gasteiger partial charge on any atom is 0.427 e. The van der Waals surface area contributed by atoms with Crippen LogP contribution < -0.4 is 0 Å². The van der Waals surface area contributed by atoms with Crippen molar-refractivity contribution in [3.05, 3.63) is 16.1 Å². The van der Waals surface area contributed by atoms with Gasteiger partial charge in [0.25, 0.3) is 0 Å². The number of aromatic nitrogens is 1. The van der Waals surface area contributed by atoms with Crippen molar-refractivity contribution in [2.24, 2.45) is 0 Å². The first-order chi connectivity index (χ1) is 7.74. The Labute approximate surface area is 97.2 Å². The summed E-state index contributed by atoms with van der Waals surface area (Å²) in [5.41, 5.74) is -0.390. The van der Waals surface area contributed by atoms with Gasteiger partial charge >= 0.3 is 6.18 Å². The molecule has 2 nitrogen and oxygen atoms in total. The van der Waals surface area contributed by atoms with Crippen molar-refractivity contribution >= 4 is 11.5 Å². The largest absolute Gasteiger partial charge is 0.427 e. The molecule has 1 aromatic rings. The fraction of sp³-hybridized carbons (Fsp3) is 0.667. The van der Waals surface area contributed by atoms with E-state index in [0.29, 0.717) is 0 Å². The average Bonchev–Trinajstić information content (AvgIpc) is 2.55. The summed E-state index contributed by atoms with van der Waals surface area (Å²) in [6, 6.07) is 0. The van der Waals surface area contributed by atoms with Gasteiger partial charge in [-0.05, 0) is 11.5 Å². The summed E-state index contributed by atoms with van der Waals surface area (Å²) in [7, 11) is 0. The molecule has 0 amide bonds. The predicted octanol–water partition coefficient (Wildman–Crippen LogP) is 3.17. The number of hydrogen-bond donors (Lipinski definition) is 1. The maximum atomic E-state index is 12.6. The summed E-state index contributed by atoms with van der Waals surface area (Å²) >= 11 is 0.206. The second-order valence-electron chi connectivity index (χ2n) is 3.99. The molecule has 0 unspecified atom stereocenters. The van der Waals surface area contributed by atoms with Crippen molar-refractivity contribution in [2.75, 3.05) is 0 Å². The first-order valence-corrected chi connectivity index (χ1v) is 5.56. The van der Waals surface area contributed by atoms with Crippen LogP contribution in [0.15, 0.2) is 0 Å². The number of hydrogen-bond acceptors (Lipinski definition) is 3. The van der Waals surface area contributed by atoms with Crippen LogP contribution in [0.3, 0.4) is 0 Å². The number of halogens is 5. The van der Waals surface area contributed by atoms with Gasteiger partial charge in [0.1, 0.15) is 4.88 Å². The Morgan fingerprint density at radius 2 is 1.94 bits per heavy atom. The zero-order valence-electron chi connectivity index (χ0n) is 8.39. The Balaban J connectivity index is 2.28. The summed E-state index contributed by atoms with van der Waals surface area (Å²) in [6.45, 7) is -0.831. The van der Waals surface area contributed by atoms with Gasteiger partial charge in [-0.1, -0.05) is 0 Å². The van der Waals surface area contributed by atoms with E-state index >= 15 is 0 Å². The third kappa shape index (κ3) is 2.28. The minimum atomic E-state index is -4.60. The molecular formula is C9H8F5NOS. The monoisotopic (exact) mass is 273 g/mol. The second kappa shape index (κ2) is 3.88. The molecule has 17 heavy (non-hydrogen) atoms. The van der Waals surface area contributed by atoms with Gasteiger partial charge in [0.05, 0.1) is 12.3 Å². The van der Waals surface area contributed by atoms with E-state index < -0.39 is 42.3 Å². The summed E-state index contributed by atoms with van der Waals surface area (Å²) in [4.78, 5) is -0.995. The molecule has 0 atom stereocenters. The van der Waals surface area contributed by atoms with E-state index in [9.17, 15) is 22.0 Å². The molecule has 1 aromatic heterocycles. The third-order valence-electron chi connectivity index (χ3n) is 2.71. The lowest BCUT2D eigenvalue weighted by Crippen LogP contribution is -2.34. The third-order valence-corrected chi connectivity index (χ3v) is 3.66. The molecule has 1 N–H and O–H groups in total. The van der Waals surface area contributed by atoms with Gasteiger partial charge < -0.3 is 5.11 Å². The van der Waals surface area contributed by atoms with E-state index in [-0.39, 0.29) is 22.8 Å². The number of aliphatic hydroxyl groups is 1. The van der Waals surface area contributed by atoms with Crippen molar-refractivity contribution in [3.63, 3.8) is 0 Å². The van der Waals surface area contributed by atoms with Crippen LogP contribution >= 0.6 is 11.5 Å². The molecule has 1 fully saturated rings. The first kappa shape index (κ1) is 12.7. The molecule has 0 aromatic carbocycles. The van der Waals surface area contributed by atoms with Gasteiger partial charge in [-0.3, -0.25) is 0 Å². The lowest BCUT2D eigenvalue weighted by Gasteiger charge is -2.34. The molecule has 8 heteroatoms. The quantitative estimate of drug-likeness (QED) is 0.840. The van der Waals surface area contributed by atoms with Crippen molar-refractivity contribution in [1.29, 1.82) is 0 Å². The Kier molecular flexibility index (Phi) is 2.89. The first-order valence-electron chi connectivity index (χ1n) is 4.79. The molecular weight excluding hydrogens is 265 g/mol. The average molecular weight is 273 g/mol. The molecule has 1 aliphatic carbocycles. The summed E-state index contributed by atoms with van der Waals surface area (Å²) in [5, 5.41) is 8.93. The van der Waals surface area contributed by atoms with Crippen LogP contribution in [-0.2, 0) is 12.8 Å². The molecule has 0 spiro atoms. The lowest BCUT2D eigenvalue weighted by atomic mass is 9.78. The zero-order chi connectivity index (χ0) is 12.8. The van der Waals surface area contributed by atoms with Crippen molar-refractivity contribution in [1.82, 2.24) is 4.37 Å². The smallest absolute Gasteiger partial charge is 0.392 e. The van der Waals surface area contributed by atoms with Crippen molar-refractivity contribution in [3.8, 4) is 0 Å². The number of alkyl halides is 5. The highest BCUT2D eigenvalue weighted by Crippen LogP contribution is 2.50. The highest BCUT2D eigenvalue weighted by Gasteiger charge is 2.49. The zero-order valence-corrected chi connectivity index (χ0v) is 9.21. The van der Waals surface area contributed by atoms with Gasteiger partial charge in [-0.2, -0.15) is 17.5 Å². The Morgan fingerprint density at radius 3 is 2.35 bits per heavy atom. The number of rotatable bonds is 2. The van der Waals surface area contributed by atoms with Crippen LogP contribution in [0.1, 0.15) is 34.9 Å². The number of nitrogens with zero attached hydrogens (tertiary/aromatic N) is 1. The van der Waals surface area contributed by atoms with Gasteiger partial charge in [0, 0.05) is 24.3 Å². The molecule has 1 heterocycles. The van der Waals surface area contributed by atoms with Crippen LogP contribution in [0.25, 0.3) is 0 Å². The molecule has 2 rings (SSSR count). The van der Waals surface area contributed by atoms with E-state index in [0.717, 1.165) is 0 Å². The fourth-order valence-corrected chi connectivity index (χ4v) is 2.70. The van der Waals surface area contributed by atoms with Crippen LogP contribution in [0.2, 0.25) is 0 Å². The summed E-state index contributed by atoms with van der Waals surface area (Å²) in [6.07, 6.45) is -5.59. The Bertz CT molecular complexity index is 420. The SMILES string of the molecule is OCc1c(C2CC(F)(F)C2)nsc1C(F)(F)F. The van der Waals surface area contributed by atoms with Gasteiger partial charge in [-0.25, -0.2) is 8.78 Å². The number of aliphatic hydroxyl groups excluding tert-OH is 1. The topological polar surface area (TPSA) is 33.1 Å².